The molecule has 0 aliphatic heterocycles. The highest BCUT2D eigenvalue weighted by Gasteiger charge is 2.33. The highest BCUT2D eigenvalue weighted by molar-refractivity contribution is 6.32. The van der Waals surface area contributed by atoms with E-state index < -0.39 is 5.60 Å². The summed E-state index contributed by atoms with van der Waals surface area (Å²) in [5.41, 5.74) is -1.04. The lowest BCUT2D eigenvalue weighted by molar-refractivity contribution is 0.0558. The Kier molecular flexibility index (Phi) is 3.40. The van der Waals surface area contributed by atoms with Crippen LogP contribution in [-0.4, -0.2) is 34.3 Å². The van der Waals surface area contributed by atoms with Crippen molar-refractivity contribution in [3.8, 4) is 0 Å². The van der Waals surface area contributed by atoms with Gasteiger partial charge in [-0.3, -0.25) is 4.79 Å². The van der Waals surface area contributed by atoms with Crippen LogP contribution in [0.2, 0.25) is 5.02 Å². The third-order valence-corrected chi connectivity index (χ3v) is 3.55. The van der Waals surface area contributed by atoms with Crippen molar-refractivity contribution in [3.05, 3.63) is 21.7 Å². The molecule has 1 aliphatic rings. The van der Waals surface area contributed by atoms with Gasteiger partial charge in [-0.05, 0) is 12.8 Å². The molecule has 1 heterocycles. The summed E-state index contributed by atoms with van der Waals surface area (Å²) in [5.74, 6) is 0.413. The van der Waals surface area contributed by atoms with Gasteiger partial charge in [0.05, 0.1) is 11.9 Å². The summed E-state index contributed by atoms with van der Waals surface area (Å²) in [6.45, 7) is 0.448. The quantitative estimate of drug-likeness (QED) is 0.853. The molecule has 0 bridgehead atoms. The first-order valence-corrected chi connectivity index (χ1v) is 6.06. The molecule has 0 amide bonds. The summed E-state index contributed by atoms with van der Waals surface area (Å²) in [6, 6.07) is 0. The highest BCUT2D eigenvalue weighted by atomic mass is 35.5. The third-order valence-electron chi connectivity index (χ3n) is 3.21. The zero-order valence-corrected chi connectivity index (χ0v) is 10.5. The van der Waals surface area contributed by atoms with E-state index in [4.69, 9.17) is 11.6 Å². The smallest absolute Gasteiger partial charge is 0.271 e. The summed E-state index contributed by atoms with van der Waals surface area (Å²) >= 11 is 5.89. The number of aliphatic hydroxyl groups is 1. The number of nitrogens with one attached hydrogen (secondary N) is 1. The Morgan fingerprint density at radius 1 is 1.59 bits per heavy atom. The molecule has 1 aromatic heterocycles. The van der Waals surface area contributed by atoms with E-state index in [1.165, 1.54) is 6.33 Å². The maximum absolute atomic E-state index is 11.3. The molecule has 0 radical (unpaired) electrons. The van der Waals surface area contributed by atoms with Crippen LogP contribution >= 0.6 is 11.6 Å². The molecule has 2 rings (SSSR count). The SMILES string of the molecule is CN(CC1(O)CCCC1)c1nc[nH]c(=O)c1Cl. The average molecular weight is 258 g/mol. The molecule has 0 saturated heterocycles. The Balaban J connectivity index is 2.17. The minimum absolute atomic E-state index is 0.0663. The van der Waals surface area contributed by atoms with Gasteiger partial charge in [-0.25, -0.2) is 4.98 Å². The molecule has 0 spiro atoms. The van der Waals surface area contributed by atoms with Gasteiger partial charge in [0.15, 0.2) is 5.82 Å². The maximum atomic E-state index is 11.3. The standard InChI is InChI=1S/C11H16ClN3O2/c1-15(6-11(17)4-2-3-5-11)9-8(12)10(16)14-7-13-9/h7,17H,2-6H2,1H3,(H,13,14,16). The molecular weight excluding hydrogens is 242 g/mol. The Hall–Kier alpha value is -1.07. The molecule has 1 aromatic rings. The molecule has 17 heavy (non-hydrogen) atoms. The number of likely N-dealkylation sites (N-methyl/N-ethyl adjacent to an activating group) is 1. The Morgan fingerprint density at radius 3 is 2.88 bits per heavy atom. The summed E-state index contributed by atoms with van der Waals surface area (Å²) in [4.78, 5) is 19.5. The molecule has 94 valence electrons. The molecule has 0 atom stereocenters. The second-order valence-corrected chi connectivity index (χ2v) is 5.03. The molecular formula is C11H16ClN3O2. The minimum Gasteiger partial charge on any atom is -0.388 e. The van der Waals surface area contributed by atoms with Crippen molar-refractivity contribution in [2.75, 3.05) is 18.5 Å². The molecule has 1 fully saturated rings. The summed E-state index contributed by atoms with van der Waals surface area (Å²) in [6.07, 6.45) is 4.98. The van der Waals surface area contributed by atoms with Gasteiger partial charge in [0, 0.05) is 13.6 Å². The largest absolute Gasteiger partial charge is 0.388 e. The van der Waals surface area contributed by atoms with Crippen molar-refractivity contribution in [3.63, 3.8) is 0 Å². The van der Waals surface area contributed by atoms with Gasteiger partial charge < -0.3 is 15.0 Å². The number of hydrogen-bond acceptors (Lipinski definition) is 4. The van der Waals surface area contributed by atoms with Crippen molar-refractivity contribution in [1.29, 1.82) is 0 Å². The van der Waals surface area contributed by atoms with Crippen molar-refractivity contribution < 1.29 is 5.11 Å². The van der Waals surface area contributed by atoms with Crippen LogP contribution < -0.4 is 10.5 Å². The van der Waals surface area contributed by atoms with Crippen LogP contribution in [0, 0.1) is 0 Å². The molecule has 5 nitrogen and oxygen atoms in total. The van der Waals surface area contributed by atoms with E-state index >= 15 is 0 Å². The number of halogens is 1. The zero-order valence-electron chi connectivity index (χ0n) is 9.74. The number of H-pyrrole nitrogens is 1. The fraction of sp³-hybridized carbons (Fsp3) is 0.636. The molecule has 1 aliphatic carbocycles. The van der Waals surface area contributed by atoms with Crippen LogP contribution in [0.4, 0.5) is 5.82 Å². The topological polar surface area (TPSA) is 69.2 Å². The fourth-order valence-corrected chi connectivity index (χ4v) is 2.59. The lowest BCUT2D eigenvalue weighted by Gasteiger charge is -2.29. The van der Waals surface area contributed by atoms with Crippen LogP contribution in [0.1, 0.15) is 25.7 Å². The van der Waals surface area contributed by atoms with E-state index in [-0.39, 0.29) is 10.6 Å². The number of anilines is 1. The number of nitrogens with zero attached hydrogens (tertiary/aromatic N) is 2. The predicted molar refractivity (Wildman–Crippen MR) is 66.6 cm³/mol. The first-order valence-electron chi connectivity index (χ1n) is 5.68. The maximum Gasteiger partial charge on any atom is 0.271 e. The Labute approximate surface area is 104 Å². The van der Waals surface area contributed by atoms with E-state index in [2.05, 4.69) is 9.97 Å². The van der Waals surface area contributed by atoms with Crippen LogP contribution in [0.3, 0.4) is 0 Å². The number of rotatable bonds is 3. The van der Waals surface area contributed by atoms with Gasteiger partial charge >= 0.3 is 0 Å². The molecule has 6 heteroatoms. The predicted octanol–water partition coefficient (Wildman–Crippen LogP) is 1.16. The van der Waals surface area contributed by atoms with E-state index in [9.17, 15) is 9.90 Å². The second kappa shape index (κ2) is 4.66. The van der Waals surface area contributed by atoms with E-state index in [0.717, 1.165) is 25.7 Å². The van der Waals surface area contributed by atoms with Gasteiger partial charge in [0.1, 0.15) is 5.02 Å². The molecule has 0 aromatic carbocycles. The summed E-state index contributed by atoms with van der Waals surface area (Å²) in [5, 5.41) is 10.4. The van der Waals surface area contributed by atoms with Gasteiger partial charge in [-0.1, -0.05) is 24.4 Å². The first-order chi connectivity index (χ1) is 8.02. The van der Waals surface area contributed by atoms with E-state index in [1.807, 2.05) is 0 Å². The number of hydrogen-bond donors (Lipinski definition) is 2. The Bertz CT molecular complexity index is 454. The van der Waals surface area contributed by atoms with Gasteiger partial charge in [-0.2, -0.15) is 0 Å². The summed E-state index contributed by atoms with van der Waals surface area (Å²) < 4.78 is 0. The number of aromatic amines is 1. The van der Waals surface area contributed by atoms with Crippen LogP contribution in [0.25, 0.3) is 0 Å². The van der Waals surface area contributed by atoms with Crippen LogP contribution in [0.5, 0.6) is 0 Å². The van der Waals surface area contributed by atoms with Crippen molar-refractivity contribution >= 4 is 17.4 Å². The molecule has 1 saturated carbocycles. The van der Waals surface area contributed by atoms with Crippen molar-refractivity contribution in [1.82, 2.24) is 9.97 Å². The lowest BCUT2D eigenvalue weighted by atomic mass is 10.0. The molecule has 0 unspecified atom stereocenters. The second-order valence-electron chi connectivity index (χ2n) is 4.66. The minimum atomic E-state index is -0.678. The lowest BCUT2D eigenvalue weighted by Crippen LogP contribution is -2.40. The highest BCUT2D eigenvalue weighted by Crippen LogP contribution is 2.31. The molecule has 2 N–H and O–H groups in total. The van der Waals surface area contributed by atoms with Crippen molar-refractivity contribution in [2.45, 2.75) is 31.3 Å². The van der Waals surface area contributed by atoms with Crippen LogP contribution in [-0.2, 0) is 0 Å². The third kappa shape index (κ3) is 2.61. The van der Waals surface area contributed by atoms with Gasteiger partial charge in [0.2, 0.25) is 0 Å². The van der Waals surface area contributed by atoms with E-state index in [0.29, 0.717) is 12.4 Å². The van der Waals surface area contributed by atoms with Gasteiger partial charge in [-0.15, -0.1) is 0 Å². The van der Waals surface area contributed by atoms with Gasteiger partial charge in [0.25, 0.3) is 5.56 Å². The summed E-state index contributed by atoms with van der Waals surface area (Å²) in [7, 11) is 1.78. The average Bonchev–Trinajstić information content (AvgIpc) is 2.68. The van der Waals surface area contributed by atoms with Crippen LogP contribution in [0.15, 0.2) is 11.1 Å². The Morgan fingerprint density at radius 2 is 2.24 bits per heavy atom. The van der Waals surface area contributed by atoms with Crippen molar-refractivity contribution in [2.24, 2.45) is 0 Å². The van der Waals surface area contributed by atoms with E-state index in [1.54, 1.807) is 11.9 Å². The fourth-order valence-electron chi connectivity index (χ4n) is 2.35. The first kappa shape index (κ1) is 12.4. The zero-order chi connectivity index (χ0) is 12.5. The monoisotopic (exact) mass is 257 g/mol. The normalized spacial score (nSPS) is 18.3. The number of aromatic nitrogens is 2.